The minimum Gasteiger partial charge on any atom is -0.376 e. The smallest absolute Gasteiger partial charge is 0.0734 e. The minimum atomic E-state index is 0.479. The second kappa shape index (κ2) is 5.38. The molecule has 1 aromatic carbocycles. The van der Waals surface area contributed by atoms with Crippen LogP contribution in [0.4, 0.5) is 0 Å². The van der Waals surface area contributed by atoms with E-state index in [9.17, 15) is 0 Å². The fourth-order valence-corrected chi connectivity index (χ4v) is 1.85. The first-order chi connectivity index (χ1) is 6.79. The van der Waals surface area contributed by atoms with Crippen molar-refractivity contribution >= 4 is 11.6 Å². The summed E-state index contributed by atoms with van der Waals surface area (Å²) in [7, 11) is 0. The average molecular weight is 213 g/mol. The third-order valence-electron chi connectivity index (χ3n) is 2.30. The van der Waals surface area contributed by atoms with E-state index in [1.807, 2.05) is 26.0 Å². The van der Waals surface area contributed by atoms with E-state index >= 15 is 0 Å². The van der Waals surface area contributed by atoms with Crippen LogP contribution in [-0.4, -0.2) is 6.61 Å². The van der Waals surface area contributed by atoms with Crippen molar-refractivity contribution in [3.63, 3.8) is 0 Å². The van der Waals surface area contributed by atoms with Gasteiger partial charge in [0.25, 0.3) is 0 Å². The van der Waals surface area contributed by atoms with Crippen LogP contribution in [0.15, 0.2) is 18.2 Å². The summed E-state index contributed by atoms with van der Waals surface area (Å²) in [6.07, 6.45) is 0. The van der Waals surface area contributed by atoms with Gasteiger partial charge in [-0.3, -0.25) is 0 Å². The SMILES string of the molecule is CC.C[C@@H]1COCc2c(Cl)cccc21. The molecule has 1 aliphatic heterocycles. The van der Waals surface area contributed by atoms with Gasteiger partial charge < -0.3 is 4.74 Å². The highest BCUT2D eigenvalue weighted by Crippen LogP contribution is 2.30. The Kier molecular flexibility index (Phi) is 4.43. The molecule has 0 unspecified atom stereocenters. The molecule has 0 saturated carbocycles. The van der Waals surface area contributed by atoms with Gasteiger partial charge in [-0.2, -0.15) is 0 Å². The van der Waals surface area contributed by atoms with Crippen LogP contribution < -0.4 is 0 Å². The molecule has 1 heterocycles. The van der Waals surface area contributed by atoms with Gasteiger partial charge in [0, 0.05) is 10.9 Å². The molecule has 2 rings (SSSR count). The van der Waals surface area contributed by atoms with E-state index in [-0.39, 0.29) is 0 Å². The molecular weight excluding hydrogens is 196 g/mol. The lowest BCUT2D eigenvalue weighted by atomic mass is 9.95. The van der Waals surface area contributed by atoms with Crippen LogP contribution in [0.1, 0.15) is 37.8 Å². The molecule has 0 N–H and O–H groups in total. The molecule has 0 spiro atoms. The third-order valence-corrected chi connectivity index (χ3v) is 2.65. The van der Waals surface area contributed by atoms with Crippen LogP contribution in [0.2, 0.25) is 5.02 Å². The van der Waals surface area contributed by atoms with Gasteiger partial charge in [0.05, 0.1) is 13.2 Å². The van der Waals surface area contributed by atoms with E-state index in [2.05, 4.69) is 13.0 Å². The van der Waals surface area contributed by atoms with E-state index in [4.69, 9.17) is 16.3 Å². The van der Waals surface area contributed by atoms with E-state index in [0.29, 0.717) is 12.5 Å². The third kappa shape index (κ3) is 2.28. The maximum absolute atomic E-state index is 6.03. The Hall–Kier alpha value is -0.530. The predicted molar refractivity (Wildman–Crippen MR) is 60.9 cm³/mol. The molecule has 1 aliphatic rings. The van der Waals surface area contributed by atoms with Gasteiger partial charge >= 0.3 is 0 Å². The number of hydrogen-bond donors (Lipinski definition) is 0. The Morgan fingerprint density at radius 3 is 2.71 bits per heavy atom. The standard InChI is InChI=1S/C10H11ClO.C2H6/c1-7-5-12-6-9-8(7)3-2-4-10(9)11;1-2/h2-4,7H,5-6H2,1H3;1-2H3/t7-;/m1./s1. The second-order valence-electron chi connectivity index (χ2n) is 3.22. The Morgan fingerprint density at radius 1 is 1.36 bits per heavy atom. The molecule has 0 amide bonds. The summed E-state index contributed by atoms with van der Waals surface area (Å²) in [5.41, 5.74) is 2.51. The van der Waals surface area contributed by atoms with Gasteiger partial charge in [0.2, 0.25) is 0 Å². The zero-order chi connectivity index (χ0) is 10.6. The fourth-order valence-electron chi connectivity index (χ4n) is 1.62. The molecule has 1 atom stereocenters. The van der Waals surface area contributed by atoms with Crippen LogP contribution >= 0.6 is 11.6 Å². The summed E-state index contributed by atoms with van der Waals surface area (Å²) in [6, 6.07) is 6.05. The van der Waals surface area contributed by atoms with Gasteiger partial charge in [0.15, 0.2) is 0 Å². The van der Waals surface area contributed by atoms with Crippen LogP contribution in [0.3, 0.4) is 0 Å². The number of benzene rings is 1. The molecule has 14 heavy (non-hydrogen) atoms. The summed E-state index contributed by atoms with van der Waals surface area (Å²) in [5, 5.41) is 0.832. The molecular formula is C12H17ClO. The molecule has 0 aliphatic carbocycles. The minimum absolute atomic E-state index is 0.479. The van der Waals surface area contributed by atoms with Crippen LogP contribution in [0, 0.1) is 0 Å². The molecule has 2 heteroatoms. The molecule has 0 aromatic heterocycles. The van der Waals surface area contributed by atoms with Crippen molar-refractivity contribution in [3.8, 4) is 0 Å². The summed E-state index contributed by atoms with van der Waals surface area (Å²) in [6.45, 7) is 7.64. The van der Waals surface area contributed by atoms with Gasteiger partial charge in [-0.15, -0.1) is 0 Å². The first kappa shape index (κ1) is 11.5. The van der Waals surface area contributed by atoms with Gasteiger partial charge in [-0.1, -0.05) is 44.5 Å². The number of ether oxygens (including phenoxy) is 1. The largest absolute Gasteiger partial charge is 0.376 e. The van der Waals surface area contributed by atoms with Gasteiger partial charge in [-0.05, 0) is 17.2 Å². The van der Waals surface area contributed by atoms with Crippen molar-refractivity contribution in [3.05, 3.63) is 34.3 Å². The summed E-state index contributed by atoms with van der Waals surface area (Å²) in [4.78, 5) is 0. The van der Waals surface area contributed by atoms with Crippen molar-refractivity contribution < 1.29 is 4.74 Å². The maximum atomic E-state index is 6.03. The van der Waals surface area contributed by atoms with Gasteiger partial charge in [-0.25, -0.2) is 0 Å². The highest BCUT2D eigenvalue weighted by molar-refractivity contribution is 6.31. The highest BCUT2D eigenvalue weighted by atomic mass is 35.5. The second-order valence-corrected chi connectivity index (χ2v) is 3.63. The molecule has 0 fully saturated rings. The van der Waals surface area contributed by atoms with Crippen molar-refractivity contribution in [2.45, 2.75) is 33.3 Å². The Labute approximate surface area is 91.0 Å². The highest BCUT2D eigenvalue weighted by Gasteiger charge is 2.17. The number of hydrogen-bond acceptors (Lipinski definition) is 1. The quantitative estimate of drug-likeness (QED) is 0.632. The summed E-state index contributed by atoms with van der Waals surface area (Å²) < 4.78 is 5.40. The van der Waals surface area contributed by atoms with E-state index < -0.39 is 0 Å². The summed E-state index contributed by atoms with van der Waals surface area (Å²) >= 11 is 6.03. The van der Waals surface area contributed by atoms with Gasteiger partial charge in [0.1, 0.15) is 0 Å². The Bertz CT molecular complexity index is 296. The molecule has 0 bridgehead atoms. The van der Waals surface area contributed by atoms with E-state index in [0.717, 1.165) is 17.2 Å². The maximum Gasteiger partial charge on any atom is 0.0734 e. The van der Waals surface area contributed by atoms with Crippen LogP contribution in [0.5, 0.6) is 0 Å². The average Bonchev–Trinajstić information content (AvgIpc) is 2.23. The summed E-state index contributed by atoms with van der Waals surface area (Å²) in [5.74, 6) is 0.479. The first-order valence-corrected chi connectivity index (χ1v) is 5.52. The van der Waals surface area contributed by atoms with Crippen molar-refractivity contribution in [2.75, 3.05) is 6.61 Å². The topological polar surface area (TPSA) is 9.23 Å². The number of rotatable bonds is 0. The molecule has 0 saturated heterocycles. The van der Waals surface area contributed by atoms with Crippen molar-refractivity contribution in [1.29, 1.82) is 0 Å². The number of halogens is 1. The normalized spacial score (nSPS) is 19.3. The Morgan fingerprint density at radius 2 is 2.07 bits per heavy atom. The zero-order valence-electron chi connectivity index (χ0n) is 9.01. The zero-order valence-corrected chi connectivity index (χ0v) is 9.77. The molecule has 1 aromatic rings. The fraction of sp³-hybridized carbons (Fsp3) is 0.500. The predicted octanol–water partition coefficient (Wildman–Crippen LogP) is 4.00. The lowest BCUT2D eigenvalue weighted by molar-refractivity contribution is 0.0952. The number of fused-ring (bicyclic) bond motifs is 1. The first-order valence-electron chi connectivity index (χ1n) is 5.14. The Balaban J connectivity index is 0.000000461. The lowest BCUT2D eigenvalue weighted by Crippen LogP contribution is -2.14. The van der Waals surface area contributed by atoms with E-state index in [1.54, 1.807) is 0 Å². The monoisotopic (exact) mass is 212 g/mol. The van der Waals surface area contributed by atoms with E-state index in [1.165, 1.54) is 5.56 Å². The van der Waals surface area contributed by atoms with Crippen LogP contribution in [0.25, 0.3) is 0 Å². The van der Waals surface area contributed by atoms with Crippen molar-refractivity contribution in [1.82, 2.24) is 0 Å². The van der Waals surface area contributed by atoms with Crippen LogP contribution in [-0.2, 0) is 11.3 Å². The lowest BCUT2D eigenvalue weighted by Gasteiger charge is -2.23. The molecule has 78 valence electrons. The van der Waals surface area contributed by atoms with Crippen molar-refractivity contribution in [2.24, 2.45) is 0 Å². The molecule has 1 nitrogen and oxygen atoms in total. The molecule has 0 radical (unpaired) electrons.